The lowest BCUT2D eigenvalue weighted by Crippen LogP contribution is -2.14. The number of aryl methyl sites for hydroxylation is 1. The van der Waals surface area contributed by atoms with Crippen molar-refractivity contribution < 1.29 is 9.53 Å². The summed E-state index contributed by atoms with van der Waals surface area (Å²) in [5.41, 5.74) is 4.04. The van der Waals surface area contributed by atoms with E-state index < -0.39 is 0 Å². The summed E-state index contributed by atoms with van der Waals surface area (Å²) in [6, 6.07) is 19.5. The number of halogens is 1. The van der Waals surface area contributed by atoms with Crippen LogP contribution in [0.1, 0.15) is 15.9 Å². The first-order chi connectivity index (χ1) is 13.5. The SMILES string of the molecule is COc1c(C)cc(Br)cc1C(=O)Nc1cccc(-c2nc3ccccc3s2)c1. The van der Waals surface area contributed by atoms with Crippen molar-refractivity contribution in [1.82, 2.24) is 4.98 Å². The Morgan fingerprint density at radius 1 is 1.11 bits per heavy atom. The van der Waals surface area contributed by atoms with Crippen LogP contribution in [0.2, 0.25) is 0 Å². The van der Waals surface area contributed by atoms with Gasteiger partial charge in [-0.15, -0.1) is 11.3 Å². The van der Waals surface area contributed by atoms with Crippen molar-refractivity contribution in [3.05, 3.63) is 76.3 Å². The standard InChI is InChI=1S/C22H17BrN2O2S/c1-13-10-15(23)12-17(20(13)27-2)21(26)24-16-7-5-6-14(11-16)22-25-18-8-3-4-9-19(18)28-22/h3-12H,1-2H3,(H,24,26). The van der Waals surface area contributed by atoms with E-state index in [9.17, 15) is 4.79 Å². The molecule has 0 saturated heterocycles. The van der Waals surface area contributed by atoms with Crippen LogP contribution in [0.4, 0.5) is 5.69 Å². The monoisotopic (exact) mass is 452 g/mol. The average Bonchev–Trinajstić information content (AvgIpc) is 3.12. The highest BCUT2D eigenvalue weighted by molar-refractivity contribution is 9.10. The number of benzene rings is 3. The highest BCUT2D eigenvalue weighted by Gasteiger charge is 2.16. The van der Waals surface area contributed by atoms with Crippen molar-refractivity contribution in [3.63, 3.8) is 0 Å². The molecule has 1 aromatic heterocycles. The molecular weight excluding hydrogens is 436 g/mol. The summed E-state index contributed by atoms with van der Waals surface area (Å²) >= 11 is 5.08. The van der Waals surface area contributed by atoms with Crippen LogP contribution >= 0.6 is 27.3 Å². The molecule has 6 heteroatoms. The van der Waals surface area contributed by atoms with Crippen LogP contribution in [0.25, 0.3) is 20.8 Å². The molecule has 0 bridgehead atoms. The number of nitrogens with one attached hydrogen (secondary N) is 1. The molecule has 0 unspecified atom stereocenters. The van der Waals surface area contributed by atoms with Gasteiger partial charge in [-0.2, -0.15) is 0 Å². The maximum Gasteiger partial charge on any atom is 0.259 e. The van der Waals surface area contributed by atoms with Gasteiger partial charge >= 0.3 is 0 Å². The van der Waals surface area contributed by atoms with Crippen LogP contribution in [0.15, 0.2) is 65.1 Å². The van der Waals surface area contributed by atoms with E-state index in [0.717, 1.165) is 30.8 Å². The van der Waals surface area contributed by atoms with Crippen LogP contribution in [-0.4, -0.2) is 18.0 Å². The van der Waals surface area contributed by atoms with Gasteiger partial charge in [-0.1, -0.05) is 40.2 Å². The minimum atomic E-state index is -0.220. The van der Waals surface area contributed by atoms with Crippen LogP contribution < -0.4 is 10.1 Å². The van der Waals surface area contributed by atoms with Gasteiger partial charge in [-0.25, -0.2) is 4.98 Å². The Kier molecular flexibility index (Phi) is 5.15. The summed E-state index contributed by atoms with van der Waals surface area (Å²) < 4.78 is 7.40. The molecule has 0 radical (unpaired) electrons. The number of amides is 1. The van der Waals surface area contributed by atoms with Gasteiger partial charge in [0.1, 0.15) is 10.8 Å². The quantitative estimate of drug-likeness (QED) is 0.395. The van der Waals surface area contributed by atoms with Crippen molar-refractivity contribution in [2.24, 2.45) is 0 Å². The maximum absolute atomic E-state index is 12.9. The number of thiazole rings is 1. The van der Waals surface area contributed by atoms with Gasteiger partial charge in [-0.05, 0) is 48.9 Å². The fourth-order valence-electron chi connectivity index (χ4n) is 3.09. The zero-order valence-electron chi connectivity index (χ0n) is 15.3. The van der Waals surface area contributed by atoms with Gasteiger partial charge in [0, 0.05) is 15.7 Å². The number of hydrogen-bond donors (Lipinski definition) is 1. The van der Waals surface area contributed by atoms with Gasteiger partial charge < -0.3 is 10.1 Å². The lowest BCUT2D eigenvalue weighted by Gasteiger charge is -2.13. The van der Waals surface area contributed by atoms with Gasteiger partial charge in [0.05, 0.1) is 22.9 Å². The second-order valence-electron chi connectivity index (χ2n) is 6.33. The number of rotatable bonds is 4. The van der Waals surface area contributed by atoms with Crippen molar-refractivity contribution in [2.45, 2.75) is 6.92 Å². The molecule has 0 aliphatic heterocycles. The highest BCUT2D eigenvalue weighted by Crippen LogP contribution is 2.32. The van der Waals surface area contributed by atoms with E-state index in [1.807, 2.05) is 55.5 Å². The molecule has 1 heterocycles. The minimum absolute atomic E-state index is 0.220. The number of carbonyl (C=O) groups excluding carboxylic acids is 1. The van der Waals surface area contributed by atoms with Gasteiger partial charge in [0.25, 0.3) is 5.91 Å². The molecule has 4 nitrogen and oxygen atoms in total. The Balaban J connectivity index is 1.64. The fraction of sp³-hybridized carbons (Fsp3) is 0.0909. The van der Waals surface area contributed by atoms with E-state index in [1.54, 1.807) is 24.5 Å². The van der Waals surface area contributed by atoms with E-state index in [2.05, 4.69) is 27.3 Å². The highest BCUT2D eigenvalue weighted by atomic mass is 79.9. The van der Waals surface area contributed by atoms with Gasteiger partial charge in [0.15, 0.2) is 0 Å². The second-order valence-corrected chi connectivity index (χ2v) is 8.27. The molecule has 0 aliphatic rings. The number of hydrogen-bond acceptors (Lipinski definition) is 4. The molecule has 0 fully saturated rings. The molecule has 0 saturated carbocycles. The Bertz CT molecular complexity index is 1150. The molecular formula is C22H17BrN2O2S. The fourth-order valence-corrected chi connectivity index (χ4v) is 4.63. The van der Waals surface area contributed by atoms with E-state index in [4.69, 9.17) is 9.72 Å². The van der Waals surface area contributed by atoms with Crippen molar-refractivity contribution >= 4 is 49.1 Å². The maximum atomic E-state index is 12.9. The van der Waals surface area contributed by atoms with Crippen LogP contribution in [0, 0.1) is 6.92 Å². The summed E-state index contributed by atoms with van der Waals surface area (Å²) in [5.74, 6) is 0.353. The topological polar surface area (TPSA) is 51.2 Å². The molecule has 4 aromatic rings. The zero-order chi connectivity index (χ0) is 19.7. The molecule has 28 heavy (non-hydrogen) atoms. The average molecular weight is 453 g/mol. The molecule has 0 spiro atoms. The summed E-state index contributed by atoms with van der Waals surface area (Å²) in [6.07, 6.45) is 0. The summed E-state index contributed by atoms with van der Waals surface area (Å²) in [4.78, 5) is 17.6. The predicted molar refractivity (Wildman–Crippen MR) is 118 cm³/mol. The van der Waals surface area contributed by atoms with E-state index in [-0.39, 0.29) is 5.91 Å². The predicted octanol–water partition coefficient (Wildman–Crippen LogP) is 6.30. The van der Waals surface area contributed by atoms with Gasteiger partial charge in [0.2, 0.25) is 0 Å². The second kappa shape index (κ2) is 7.73. The van der Waals surface area contributed by atoms with Gasteiger partial charge in [-0.3, -0.25) is 4.79 Å². The third-order valence-electron chi connectivity index (χ3n) is 4.35. The van der Waals surface area contributed by atoms with E-state index >= 15 is 0 Å². The number of nitrogens with zero attached hydrogens (tertiary/aromatic N) is 1. The van der Waals surface area contributed by atoms with Crippen LogP contribution in [-0.2, 0) is 0 Å². The summed E-state index contributed by atoms with van der Waals surface area (Å²) in [5, 5.41) is 3.89. The van der Waals surface area contributed by atoms with Crippen molar-refractivity contribution in [1.29, 1.82) is 0 Å². The Morgan fingerprint density at radius 3 is 2.71 bits per heavy atom. The van der Waals surface area contributed by atoms with Crippen molar-refractivity contribution in [2.75, 3.05) is 12.4 Å². The van der Waals surface area contributed by atoms with E-state index in [1.165, 1.54) is 0 Å². The van der Waals surface area contributed by atoms with Crippen LogP contribution in [0.5, 0.6) is 5.75 Å². The third-order valence-corrected chi connectivity index (χ3v) is 5.89. The molecule has 4 rings (SSSR count). The molecule has 0 aliphatic carbocycles. The largest absolute Gasteiger partial charge is 0.496 e. The van der Waals surface area contributed by atoms with Crippen LogP contribution in [0.3, 0.4) is 0 Å². The number of methoxy groups -OCH3 is 1. The zero-order valence-corrected chi connectivity index (χ0v) is 17.7. The van der Waals surface area contributed by atoms with E-state index in [0.29, 0.717) is 17.0 Å². The number of aromatic nitrogens is 1. The number of fused-ring (bicyclic) bond motifs is 1. The Labute approximate surface area is 175 Å². The minimum Gasteiger partial charge on any atom is -0.496 e. The molecule has 3 aromatic carbocycles. The number of carbonyl (C=O) groups is 1. The molecule has 0 atom stereocenters. The lowest BCUT2D eigenvalue weighted by atomic mass is 10.1. The Hall–Kier alpha value is -2.70. The normalized spacial score (nSPS) is 10.8. The summed E-state index contributed by atoms with van der Waals surface area (Å²) in [7, 11) is 1.57. The molecule has 1 N–H and O–H groups in total. The first-order valence-electron chi connectivity index (χ1n) is 8.66. The first kappa shape index (κ1) is 18.7. The summed E-state index contributed by atoms with van der Waals surface area (Å²) in [6.45, 7) is 1.91. The number of anilines is 1. The lowest BCUT2D eigenvalue weighted by molar-refractivity contribution is 0.102. The first-order valence-corrected chi connectivity index (χ1v) is 10.3. The van der Waals surface area contributed by atoms with Crippen molar-refractivity contribution in [3.8, 4) is 16.3 Å². The third kappa shape index (κ3) is 3.66. The smallest absolute Gasteiger partial charge is 0.259 e. The number of ether oxygens (including phenoxy) is 1. The number of para-hydroxylation sites is 1. The Morgan fingerprint density at radius 2 is 1.93 bits per heavy atom. The molecule has 1 amide bonds. The molecule has 140 valence electrons.